The first-order chi connectivity index (χ1) is 8.18. The normalized spacial score (nSPS) is 19.1. The van der Waals surface area contributed by atoms with Crippen molar-refractivity contribution in [2.24, 2.45) is 0 Å². The summed E-state index contributed by atoms with van der Waals surface area (Å²) in [5.74, 6) is 0. The fourth-order valence-corrected chi connectivity index (χ4v) is 3.38. The molecule has 1 N–H and O–H groups in total. The van der Waals surface area contributed by atoms with Crippen LogP contribution < -0.4 is 0 Å². The Morgan fingerprint density at radius 2 is 1.56 bits per heavy atom. The Bertz CT molecular complexity index is 243. The van der Waals surface area contributed by atoms with E-state index in [1.165, 1.54) is 0 Å². The molecule has 0 rings (SSSR count). The summed E-state index contributed by atoms with van der Waals surface area (Å²) in [5, 5.41) is 0. The van der Waals surface area contributed by atoms with Crippen molar-refractivity contribution in [3.63, 3.8) is 0 Å². The predicted molar refractivity (Wildman–Crippen MR) is 75.0 cm³/mol. The number of hydrogen-bond donors (Lipinski definition) is 1. The highest BCUT2D eigenvalue weighted by Gasteiger charge is 2.47. The molecule has 2 atom stereocenters. The highest BCUT2D eigenvalue weighted by Crippen LogP contribution is 2.22. The van der Waals surface area contributed by atoms with Crippen molar-refractivity contribution in [2.45, 2.75) is 72.2 Å². The quantitative estimate of drug-likeness (QED) is 0.519. The summed E-state index contributed by atoms with van der Waals surface area (Å²) in [7, 11) is -3.65. The highest BCUT2D eigenvalue weighted by molar-refractivity contribution is 6.52. The maximum Gasteiger partial charge on any atom is 0.678 e. The molecule has 4 nitrogen and oxygen atoms in total. The van der Waals surface area contributed by atoms with E-state index in [1.54, 1.807) is 6.08 Å². The SMILES string of the molecule is C=CC(C)(C)O[Si](O)(OC(C)CC)OC(C)CC. The van der Waals surface area contributed by atoms with Crippen molar-refractivity contribution >= 4 is 9.05 Å². The molecule has 0 spiro atoms. The van der Waals surface area contributed by atoms with E-state index in [0.29, 0.717) is 0 Å². The van der Waals surface area contributed by atoms with Crippen LogP contribution in [0.25, 0.3) is 0 Å². The molecule has 5 heteroatoms. The molecule has 0 aliphatic heterocycles. The zero-order valence-corrected chi connectivity index (χ0v) is 13.5. The minimum atomic E-state index is -3.65. The zero-order valence-electron chi connectivity index (χ0n) is 12.5. The summed E-state index contributed by atoms with van der Waals surface area (Å²) in [6.07, 6.45) is 3.00. The van der Waals surface area contributed by atoms with Crippen LogP contribution in [0.3, 0.4) is 0 Å². The summed E-state index contributed by atoms with van der Waals surface area (Å²) < 4.78 is 16.9. The van der Waals surface area contributed by atoms with E-state index in [2.05, 4.69) is 6.58 Å². The molecule has 2 unspecified atom stereocenters. The van der Waals surface area contributed by atoms with Gasteiger partial charge in [0.2, 0.25) is 0 Å². The third-order valence-electron chi connectivity index (χ3n) is 2.73. The first-order valence-corrected chi connectivity index (χ1v) is 8.27. The third-order valence-corrected chi connectivity index (χ3v) is 4.92. The van der Waals surface area contributed by atoms with Gasteiger partial charge in [-0.25, -0.2) is 0 Å². The first-order valence-electron chi connectivity index (χ1n) is 6.59. The van der Waals surface area contributed by atoms with E-state index in [-0.39, 0.29) is 12.2 Å². The van der Waals surface area contributed by atoms with Gasteiger partial charge in [-0.3, -0.25) is 0 Å². The van der Waals surface area contributed by atoms with Crippen molar-refractivity contribution in [1.82, 2.24) is 0 Å². The Kier molecular flexibility index (Phi) is 7.32. The van der Waals surface area contributed by atoms with Crippen LogP contribution in [0.15, 0.2) is 12.7 Å². The highest BCUT2D eigenvalue weighted by atomic mass is 28.4. The lowest BCUT2D eigenvalue weighted by atomic mass is 10.1. The van der Waals surface area contributed by atoms with Crippen LogP contribution in [0.2, 0.25) is 0 Å². The molecule has 18 heavy (non-hydrogen) atoms. The van der Waals surface area contributed by atoms with E-state index in [0.717, 1.165) is 12.8 Å². The second-order valence-corrected chi connectivity index (χ2v) is 6.83. The van der Waals surface area contributed by atoms with Crippen LogP contribution in [-0.2, 0) is 13.3 Å². The summed E-state index contributed by atoms with van der Waals surface area (Å²) >= 11 is 0. The summed E-state index contributed by atoms with van der Waals surface area (Å²) in [4.78, 5) is 10.5. The van der Waals surface area contributed by atoms with Crippen molar-refractivity contribution in [2.75, 3.05) is 0 Å². The Balaban J connectivity index is 4.84. The van der Waals surface area contributed by atoms with E-state index >= 15 is 0 Å². The van der Waals surface area contributed by atoms with E-state index < -0.39 is 14.6 Å². The molecule has 0 aromatic rings. The van der Waals surface area contributed by atoms with Crippen molar-refractivity contribution in [1.29, 1.82) is 0 Å². The lowest BCUT2D eigenvalue weighted by molar-refractivity contribution is -0.0780. The summed E-state index contributed by atoms with van der Waals surface area (Å²) in [5.41, 5.74) is -0.679. The van der Waals surface area contributed by atoms with Crippen molar-refractivity contribution in [3.05, 3.63) is 12.7 Å². The van der Waals surface area contributed by atoms with E-state index in [4.69, 9.17) is 13.3 Å². The first kappa shape index (κ1) is 17.8. The molecule has 0 aliphatic rings. The molecule has 0 radical (unpaired) electrons. The van der Waals surface area contributed by atoms with Gasteiger partial charge in [-0.15, -0.1) is 6.58 Å². The Labute approximate surface area is 112 Å². The average Bonchev–Trinajstić information content (AvgIpc) is 2.27. The van der Waals surface area contributed by atoms with Gasteiger partial charge in [0, 0.05) is 12.2 Å². The van der Waals surface area contributed by atoms with Gasteiger partial charge in [-0.05, 0) is 40.5 Å². The van der Waals surface area contributed by atoms with Crippen LogP contribution in [-0.4, -0.2) is 31.7 Å². The monoisotopic (exact) mass is 276 g/mol. The van der Waals surface area contributed by atoms with Gasteiger partial charge in [-0.2, -0.15) is 0 Å². The molecule has 108 valence electrons. The molecule has 0 fully saturated rings. The van der Waals surface area contributed by atoms with Gasteiger partial charge in [0.05, 0.1) is 5.60 Å². The second-order valence-electron chi connectivity index (χ2n) is 5.11. The van der Waals surface area contributed by atoms with Crippen LogP contribution in [0.1, 0.15) is 54.4 Å². The lowest BCUT2D eigenvalue weighted by Crippen LogP contribution is -2.54. The smallest absolute Gasteiger partial charge is 0.367 e. The summed E-state index contributed by atoms with van der Waals surface area (Å²) in [6.45, 7) is 15.1. The molecule has 0 aromatic carbocycles. The fourth-order valence-electron chi connectivity index (χ4n) is 1.13. The molecule has 0 heterocycles. The molecule has 0 aromatic heterocycles. The van der Waals surface area contributed by atoms with E-state index in [9.17, 15) is 4.80 Å². The van der Waals surface area contributed by atoms with Crippen LogP contribution in [0.5, 0.6) is 0 Å². The lowest BCUT2D eigenvalue weighted by Gasteiger charge is -2.34. The standard InChI is InChI=1S/C13H28O4Si/c1-8-11(4)15-18(14,16-12(5)9-2)17-13(6,7)10-3/h10-12,14H,3,8-9H2,1-2,4-7H3. The molecule has 0 bridgehead atoms. The maximum absolute atomic E-state index is 10.5. The molecule has 0 aliphatic carbocycles. The van der Waals surface area contributed by atoms with Gasteiger partial charge in [0.25, 0.3) is 0 Å². The number of hydrogen-bond acceptors (Lipinski definition) is 4. The molecule has 0 amide bonds. The molecular weight excluding hydrogens is 248 g/mol. The summed E-state index contributed by atoms with van der Waals surface area (Å²) in [6, 6.07) is 0. The third kappa shape index (κ3) is 6.66. The Morgan fingerprint density at radius 3 is 1.83 bits per heavy atom. The second kappa shape index (κ2) is 7.40. The topological polar surface area (TPSA) is 47.9 Å². The average molecular weight is 276 g/mol. The minimum absolute atomic E-state index is 0.105. The minimum Gasteiger partial charge on any atom is -0.367 e. The van der Waals surface area contributed by atoms with Gasteiger partial charge in [-0.1, -0.05) is 19.9 Å². The maximum atomic E-state index is 10.5. The van der Waals surface area contributed by atoms with Crippen LogP contribution in [0.4, 0.5) is 0 Å². The fraction of sp³-hybridized carbons (Fsp3) is 0.846. The molecular formula is C13H28O4Si. The van der Waals surface area contributed by atoms with E-state index in [1.807, 2.05) is 41.5 Å². The molecule has 0 saturated carbocycles. The van der Waals surface area contributed by atoms with Gasteiger partial charge in [0.15, 0.2) is 0 Å². The van der Waals surface area contributed by atoms with Crippen LogP contribution >= 0.6 is 0 Å². The number of rotatable bonds is 9. The van der Waals surface area contributed by atoms with Gasteiger partial charge in [0.1, 0.15) is 0 Å². The van der Waals surface area contributed by atoms with Crippen molar-refractivity contribution < 1.29 is 18.1 Å². The Morgan fingerprint density at radius 1 is 1.17 bits per heavy atom. The molecule has 0 saturated heterocycles. The van der Waals surface area contributed by atoms with Gasteiger partial charge >= 0.3 is 9.05 Å². The largest absolute Gasteiger partial charge is 0.678 e. The predicted octanol–water partition coefficient (Wildman–Crippen LogP) is 3.03. The Hall–Kier alpha value is -0.203. The van der Waals surface area contributed by atoms with Crippen molar-refractivity contribution in [3.8, 4) is 0 Å². The van der Waals surface area contributed by atoms with Gasteiger partial charge < -0.3 is 18.1 Å². The zero-order chi connectivity index (χ0) is 14.4. The van der Waals surface area contributed by atoms with Crippen LogP contribution in [0, 0.1) is 0 Å².